The zero-order chi connectivity index (χ0) is 17.3. The monoisotopic (exact) mass is 350 g/mol. The Balaban J connectivity index is 1.67. The summed E-state index contributed by atoms with van der Waals surface area (Å²) < 4.78 is 0. The predicted octanol–water partition coefficient (Wildman–Crippen LogP) is 1.35. The topological polar surface area (TPSA) is 56.8 Å². The van der Waals surface area contributed by atoms with Crippen LogP contribution in [0.2, 0.25) is 0 Å². The third-order valence-corrected chi connectivity index (χ3v) is 5.82. The molecule has 1 aromatic rings. The van der Waals surface area contributed by atoms with Crippen LogP contribution in [-0.4, -0.2) is 71.8 Å². The Morgan fingerprint density at radius 1 is 1.38 bits per heavy atom. The summed E-state index contributed by atoms with van der Waals surface area (Å²) in [6.45, 7) is 5.10. The van der Waals surface area contributed by atoms with Gasteiger partial charge in [0.2, 0.25) is 11.8 Å². The predicted molar refractivity (Wildman–Crippen MR) is 93.7 cm³/mol. The van der Waals surface area contributed by atoms with E-state index >= 15 is 0 Å². The summed E-state index contributed by atoms with van der Waals surface area (Å²) in [6.07, 6.45) is 2.65. The lowest BCUT2D eigenvalue weighted by Crippen LogP contribution is -2.51. The number of nitrogens with zero attached hydrogens (tertiary/aromatic N) is 4. The summed E-state index contributed by atoms with van der Waals surface area (Å²) >= 11 is 1.62. The number of thiazole rings is 1. The molecule has 7 heteroatoms. The third kappa shape index (κ3) is 3.47. The minimum absolute atomic E-state index is 0.125. The van der Waals surface area contributed by atoms with Crippen molar-refractivity contribution in [3.63, 3.8) is 0 Å². The number of carbonyl (C=O) groups excluding carboxylic acids is 2. The van der Waals surface area contributed by atoms with Crippen molar-refractivity contribution in [2.45, 2.75) is 32.7 Å². The SMILES string of the molecule is Cc1nc(CN2CC[C@@]3(CCCN(C(=O)CN(C)C)C3)C2=O)cs1. The van der Waals surface area contributed by atoms with Crippen LogP contribution in [0.25, 0.3) is 0 Å². The van der Waals surface area contributed by atoms with Crippen LogP contribution in [0.3, 0.4) is 0 Å². The number of carbonyl (C=O) groups is 2. The van der Waals surface area contributed by atoms with E-state index in [1.54, 1.807) is 11.3 Å². The van der Waals surface area contributed by atoms with Crippen molar-refractivity contribution in [2.75, 3.05) is 40.3 Å². The first-order chi connectivity index (χ1) is 11.4. The van der Waals surface area contributed by atoms with Gasteiger partial charge in [-0.3, -0.25) is 9.59 Å². The second-order valence-corrected chi connectivity index (χ2v) is 8.33. The van der Waals surface area contributed by atoms with Gasteiger partial charge in [-0.1, -0.05) is 0 Å². The fourth-order valence-electron chi connectivity index (χ4n) is 3.81. The minimum atomic E-state index is -0.370. The van der Waals surface area contributed by atoms with Gasteiger partial charge in [0.05, 0.1) is 29.2 Å². The molecule has 2 amide bonds. The Kier molecular flexibility index (Phi) is 4.92. The highest BCUT2D eigenvalue weighted by Crippen LogP contribution is 2.40. The number of hydrogen-bond donors (Lipinski definition) is 0. The normalized spacial score (nSPS) is 24.4. The second-order valence-electron chi connectivity index (χ2n) is 7.27. The molecule has 0 N–H and O–H groups in total. The van der Waals surface area contributed by atoms with Crippen LogP contribution in [0.4, 0.5) is 0 Å². The van der Waals surface area contributed by atoms with Crippen molar-refractivity contribution in [1.82, 2.24) is 19.7 Å². The van der Waals surface area contributed by atoms with E-state index in [0.29, 0.717) is 19.6 Å². The quantitative estimate of drug-likeness (QED) is 0.823. The van der Waals surface area contributed by atoms with Crippen LogP contribution in [0, 0.1) is 12.3 Å². The number of hydrogen-bond acceptors (Lipinski definition) is 5. The highest BCUT2D eigenvalue weighted by molar-refractivity contribution is 7.09. The summed E-state index contributed by atoms with van der Waals surface area (Å²) in [7, 11) is 3.80. The second kappa shape index (κ2) is 6.80. The van der Waals surface area contributed by atoms with Crippen molar-refractivity contribution in [3.05, 3.63) is 16.1 Å². The molecule has 0 saturated carbocycles. The number of likely N-dealkylation sites (N-methyl/N-ethyl adjacent to an activating group) is 1. The van der Waals surface area contributed by atoms with Crippen LogP contribution in [0.1, 0.15) is 30.0 Å². The lowest BCUT2D eigenvalue weighted by Gasteiger charge is -2.39. The number of likely N-dealkylation sites (tertiary alicyclic amines) is 2. The molecule has 0 bridgehead atoms. The average Bonchev–Trinajstić information content (AvgIpc) is 3.06. The van der Waals surface area contributed by atoms with E-state index in [-0.39, 0.29) is 17.2 Å². The molecule has 3 rings (SSSR count). The number of aromatic nitrogens is 1. The molecule has 2 aliphatic heterocycles. The molecule has 1 aromatic heterocycles. The number of piperidine rings is 1. The molecule has 0 aliphatic carbocycles. The lowest BCUT2D eigenvalue weighted by molar-refractivity contribution is -0.144. The van der Waals surface area contributed by atoms with E-state index in [9.17, 15) is 9.59 Å². The van der Waals surface area contributed by atoms with Gasteiger partial charge in [0.25, 0.3) is 0 Å². The molecule has 6 nitrogen and oxygen atoms in total. The van der Waals surface area contributed by atoms with Gasteiger partial charge in [-0.2, -0.15) is 0 Å². The van der Waals surface area contributed by atoms with Gasteiger partial charge in [-0.15, -0.1) is 11.3 Å². The lowest BCUT2D eigenvalue weighted by atomic mass is 9.78. The molecule has 132 valence electrons. The van der Waals surface area contributed by atoms with Crippen LogP contribution in [0.5, 0.6) is 0 Å². The Hall–Kier alpha value is -1.47. The smallest absolute Gasteiger partial charge is 0.236 e. The Morgan fingerprint density at radius 3 is 2.83 bits per heavy atom. The molecule has 1 atom stereocenters. The molecule has 2 fully saturated rings. The summed E-state index contributed by atoms with van der Waals surface area (Å²) in [6, 6.07) is 0. The van der Waals surface area contributed by atoms with Gasteiger partial charge < -0.3 is 14.7 Å². The standard InChI is InChI=1S/C17H26N4O2S/c1-13-18-14(11-24-13)9-20-8-6-17(16(20)23)5-4-7-21(12-17)15(22)10-19(2)3/h11H,4-10,12H2,1-3H3/t17-/m1/s1. The summed E-state index contributed by atoms with van der Waals surface area (Å²) in [5, 5.41) is 3.06. The van der Waals surface area contributed by atoms with Crippen molar-refractivity contribution in [1.29, 1.82) is 0 Å². The summed E-state index contributed by atoms with van der Waals surface area (Å²) in [4.78, 5) is 35.6. The number of rotatable bonds is 4. The molecular weight excluding hydrogens is 324 g/mol. The van der Waals surface area contributed by atoms with Crippen LogP contribution >= 0.6 is 11.3 Å². The van der Waals surface area contributed by atoms with Crippen molar-refractivity contribution >= 4 is 23.2 Å². The fourth-order valence-corrected chi connectivity index (χ4v) is 4.42. The average molecular weight is 350 g/mol. The maximum absolute atomic E-state index is 13.0. The van der Waals surface area contributed by atoms with Gasteiger partial charge in [0, 0.05) is 25.0 Å². The van der Waals surface area contributed by atoms with Gasteiger partial charge in [-0.25, -0.2) is 4.98 Å². The zero-order valence-electron chi connectivity index (χ0n) is 14.7. The first kappa shape index (κ1) is 17.4. The van der Waals surface area contributed by atoms with Gasteiger partial charge >= 0.3 is 0 Å². The molecule has 0 unspecified atom stereocenters. The van der Waals surface area contributed by atoms with E-state index in [1.165, 1.54) is 0 Å². The van der Waals surface area contributed by atoms with Gasteiger partial charge in [0.1, 0.15) is 0 Å². The van der Waals surface area contributed by atoms with Crippen molar-refractivity contribution < 1.29 is 9.59 Å². The first-order valence-corrected chi connectivity index (χ1v) is 9.40. The molecule has 1 spiro atoms. The van der Waals surface area contributed by atoms with Crippen molar-refractivity contribution in [2.24, 2.45) is 5.41 Å². The molecule has 2 aliphatic rings. The summed E-state index contributed by atoms with van der Waals surface area (Å²) in [5.41, 5.74) is 0.602. The maximum atomic E-state index is 13.0. The molecule has 24 heavy (non-hydrogen) atoms. The Bertz CT molecular complexity index is 630. The van der Waals surface area contributed by atoms with E-state index in [2.05, 4.69) is 4.98 Å². The highest BCUT2D eigenvalue weighted by atomic mass is 32.1. The minimum Gasteiger partial charge on any atom is -0.341 e. The zero-order valence-corrected chi connectivity index (χ0v) is 15.6. The number of amides is 2. The number of aryl methyl sites for hydroxylation is 1. The van der Waals surface area contributed by atoms with E-state index in [0.717, 1.165) is 43.1 Å². The van der Waals surface area contributed by atoms with E-state index in [4.69, 9.17) is 0 Å². The first-order valence-electron chi connectivity index (χ1n) is 8.52. The van der Waals surface area contributed by atoms with Crippen LogP contribution < -0.4 is 0 Å². The molecule has 0 radical (unpaired) electrons. The fraction of sp³-hybridized carbons (Fsp3) is 0.706. The van der Waals surface area contributed by atoms with Gasteiger partial charge in [0.15, 0.2) is 0 Å². The molecule has 2 saturated heterocycles. The van der Waals surface area contributed by atoms with Crippen LogP contribution in [-0.2, 0) is 16.1 Å². The van der Waals surface area contributed by atoms with Crippen LogP contribution in [0.15, 0.2) is 5.38 Å². The van der Waals surface area contributed by atoms with E-state index in [1.807, 2.05) is 41.1 Å². The maximum Gasteiger partial charge on any atom is 0.236 e. The highest BCUT2D eigenvalue weighted by Gasteiger charge is 2.49. The molecule has 3 heterocycles. The Morgan fingerprint density at radius 2 is 2.17 bits per heavy atom. The molecule has 0 aromatic carbocycles. The molecular formula is C17H26N4O2S. The van der Waals surface area contributed by atoms with E-state index < -0.39 is 0 Å². The largest absolute Gasteiger partial charge is 0.341 e. The summed E-state index contributed by atoms with van der Waals surface area (Å²) in [5.74, 6) is 0.330. The van der Waals surface area contributed by atoms with Crippen molar-refractivity contribution in [3.8, 4) is 0 Å². The third-order valence-electron chi connectivity index (χ3n) is 5.00. The van der Waals surface area contributed by atoms with Gasteiger partial charge in [-0.05, 0) is 40.3 Å². The Labute approximate surface area is 147 Å².